The van der Waals surface area contributed by atoms with E-state index >= 15 is 0 Å². The summed E-state index contributed by atoms with van der Waals surface area (Å²) in [6.45, 7) is 2.97. The zero-order chi connectivity index (χ0) is 22.0. The van der Waals surface area contributed by atoms with Crippen molar-refractivity contribution in [2.75, 3.05) is 17.9 Å². The smallest absolute Gasteiger partial charge is 0.238 e. The number of hydrogen-bond donors (Lipinski definition) is 2. The fourth-order valence-electron chi connectivity index (χ4n) is 3.21. The van der Waals surface area contributed by atoms with Gasteiger partial charge >= 0.3 is 0 Å². The number of ether oxygens (including phenoxy) is 2. The van der Waals surface area contributed by atoms with E-state index in [1.165, 1.54) is 23.9 Å². The summed E-state index contributed by atoms with van der Waals surface area (Å²) < 4.78 is 35.9. The van der Waals surface area contributed by atoms with Crippen molar-refractivity contribution in [3.05, 3.63) is 36.4 Å². The van der Waals surface area contributed by atoms with Crippen molar-refractivity contribution in [1.29, 1.82) is 0 Å². The molecule has 0 radical (unpaired) electrons. The first-order chi connectivity index (χ1) is 14.8. The monoisotopic (exact) mass is 462 g/mol. The van der Waals surface area contributed by atoms with Gasteiger partial charge in [0.05, 0.1) is 21.7 Å². The van der Waals surface area contributed by atoms with Crippen LogP contribution in [0.15, 0.2) is 46.5 Å². The Labute approximate surface area is 184 Å². The molecule has 0 saturated heterocycles. The molecule has 0 unspecified atom stereocenters. The molecule has 11 heteroatoms. The Kier molecular flexibility index (Phi) is 6.08. The molecule has 9 nitrogen and oxygen atoms in total. The third kappa shape index (κ3) is 4.78. The summed E-state index contributed by atoms with van der Waals surface area (Å²) in [5.41, 5.74) is 1.95. The van der Waals surface area contributed by atoms with Crippen molar-refractivity contribution < 1.29 is 22.7 Å². The molecular weight excluding hydrogens is 440 g/mol. The average Bonchev–Trinajstić information content (AvgIpc) is 3.33. The molecule has 164 valence electrons. The molecule has 0 fully saturated rings. The van der Waals surface area contributed by atoms with Gasteiger partial charge in [-0.2, -0.15) is 0 Å². The number of rotatable bonds is 8. The molecule has 3 N–H and O–H groups in total. The van der Waals surface area contributed by atoms with Gasteiger partial charge in [-0.05, 0) is 36.8 Å². The van der Waals surface area contributed by atoms with Crippen LogP contribution >= 0.6 is 11.8 Å². The van der Waals surface area contributed by atoms with Crippen molar-refractivity contribution in [2.24, 2.45) is 5.14 Å². The maximum atomic E-state index is 12.5. The number of primary sulfonamides is 1. The van der Waals surface area contributed by atoms with Gasteiger partial charge in [0.15, 0.2) is 16.7 Å². The zero-order valence-electron chi connectivity index (χ0n) is 16.8. The molecule has 1 aliphatic heterocycles. The van der Waals surface area contributed by atoms with Crippen LogP contribution in [0.25, 0.3) is 11.0 Å². The highest BCUT2D eigenvalue weighted by molar-refractivity contribution is 7.99. The second-order valence-corrected chi connectivity index (χ2v) is 9.50. The number of sulfonamides is 1. The van der Waals surface area contributed by atoms with E-state index in [2.05, 4.69) is 17.2 Å². The fourth-order valence-corrected chi connectivity index (χ4v) is 4.58. The normalized spacial score (nSPS) is 13.0. The third-order valence-corrected chi connectivity index (χ3v) is 6.62. The lowest BCUT2D eigenvalue weighted by Crippen LogP contribution is -2.14. The minimum atomic E-state index is -3.82. The van der Waals surface area contributed by atoms with Gasteiger partial charge in [0.2, 0.25) is 22.7 Å². The van der Waals surface area contributed by atoms with Crippen molar-refractivity contribution >= 4 is 44.4 Å². The topological polar surface area (TPSA) is 126 Å². The first-order valence-electron chi connectivity index (χ1n) is 9.70. The number of unbranched alkanes of at least 4 members (excludes halogenated alkanes) is 1. The summed E-state index contributed by atoms with van der Waals surface area (Å²) in [4.78, 5) is 17.0. The largest absolute Gasteiger partial charge is 0.454 e. The molecule has 31 heavy (non-hydrogen) atoms. The molecule has 0 aliphatic carbocycles. The van der Waals surface area contributed by atoms with Gasteiger partial charge in [-0.15, -0.1) is 0 Å². The number of hydrogen-bond acceptors (Lipinski definition) is 7. The van der Waals surface area contributed by atoms with Crippen molar-refractivity contribution in [3.8, 4) is 11.5 Å². The lowest BCUT2D eigenvalue weighted by atomic mass is 10.3. The highest BCUT2D eigenvalue weighted by atomic mass is 32.2. The number of imidazole rings is 1. The Balaban J connectivity index is 1.51. The number of benzene rings is 2. The van der Waals surface area contributed by atoms with Crippen LogP contribution in [0.3, 0.4) is 0 Å². The second kappa shape index (κ2) is 8.77. The molecule has 2 aromatic carbocycles. The SMILES string of the molecule is CCCCn1c(SCC(=O)Nc2ccc3c(c2)OCO3)nc2cc(S(N)(=O)=O)ccc21. The number of carbonyl (C=O) groups excluding carboxylic acids is 1. The lowest BCUT2D eigenvalue weighted by molar-refractivity contribution is -0.113. The van der Waals surface area contributed by atoms with Crippen molar-refractivity contribution in [1.82, 2.24) is 9.55 Å². The van der Waals surface area contributed by atoms with Crippen LogP contribution in [0.2, 0.25) is 0 Å². The van der Waals surface area contributed by atoms with Crippen LogP contribution in [-0.2, 0) is 21.4 Å². The Bertz CT molecular complexity index is 1240. The number of amides is 1. The maximum Gasteiger partial charge on any atom is 0.238 e. The van der Waals surface area contributed by atoms with Crippen LogP contribution in [-0.4, -0.2) is 36.4 Å². The highest BCUT2D eigenvalue weighted by Crippen LogP contribution is 2.34. The number of thioether (sulfide) groups is 1. The second-order valence-electron chi connectivity index (χ2n) is 7.00. The predicted octanol–water partition coefficient (Wildman–Crippen LogP) is 2.94. The number of anilines is 1. The summed E-state index contributed by atoms with van der Waals surface area (Å²) in [6.07, 6.45) is 1.92. The van der Waals surface area contributed by atoms with E-state index in [4.69, 9.17) is 14.6 Å². The number of nitrogens with one attached hydrogen (secondary N) is 1. The summed E-state index contributed by atoms with van der Waals surface area (Å²) >= 11 is 1.29. The van der Waals surface area contributed by atoms with Crippen LogP contribution in [0.1, 0.15) is 19.8 Å². The fraction of sp³-hybridized carbons (Fsp3) is 0.300. The Morgan fingerprint density at radius 2 is 2.03 bits per heavy atom. The number of nitrogens with two attached hydrogens (primary N) is 1. The summed E-state index contributed by atoms with van der Waals surface area (Å²) in [6, 6.07) is 9.86. The molecule has 0 saturated carbocycles. The number of aromatic nitrogens is 2. The Morgan fingerprint density at radius 1 is 1.23 bits per heavy atom. The molecule has 2 heterocycles. The first-order valence-corrected chi connectivity index (χ1v) is 12.2. The van der Waals surface area contributed by atoms with Crippen LogP contribution in [0.4, 0.5) is 5.69 Å². The Morgan fingerprint density at radius 3 is 2.81 bits per heavy atom. The zero-order valence-corrected chi connectivity index (χ0v) is 18.5. The first kappa shape index (κ1) is 21.5. The summed E-state index contributed by atoms with van der Waals surface area (Å²) in [7, 11) is -3.82. The number of nitrogens with zero attached hydrogens (tertiary/aromatic N) is 2. The standard InChI is InChI=1S/C20H22N4O5S2/c1-2-3-8-24-16-6-5-14(31(21,26)27)10-15(16)23-20(24)30-11-19(25)22-13-4-7-17-18(9-13)29-12-28-17/h4-7,9-10H,2-3,8,11-12H2,1H3,(H,22,25)(H2,21,26,27). The molecule has 1 aromatic heterocycles. The average molecular weight is 463 g/mol. The molecule has 4 rings (SSSR count). The van der Waals surface area contributed by atoms with Gasteiger partial charge in [0.25, 0.3) is 0 Å². The lowest BCUT2D eigenvalue weighted by Gasteiger charge is -2.09. The molecule has 1 aliphatic rings. The molecule has 1 amide bonds. The van der Waals surface area contributed by atoms with Gasteiger partial charge in [-0.3, -0.25) is 4.79 Å². The third-order valence-electron chi connectivity index (χ3n) is 4.74. The number of aryl methyl sites for hydroxylation is 1. The van der Waals surface area contributed by atoms with Crippen LogP contribution in [0, 0.1) is 0 Å². The predicted molar refractivity (Wildman–Crippen MR) is 118 cm³/mol. The van der Waals surface area contributed by atoms with E-state index < -0.39 is 10.0 Å². The minimum Gasteiger partial charge on any atom is -0.454 e. The van der Waals surface area contributed by atoms with Gasteiger partial charge in [-0.1, -0.05) is 25.1 Å². The van der Waals surface area contributed by atoms with Gasteiger partial charge in [0.1, 0.15) is 0 Å². The van der Waals surface area contributed by atoms with E-state index in [1.54, 1.807) is 24.3 Å². The van der Waals surface area contributed by atoms with Gasteiger partial charge in [-0.25, -0.2) is 18.5 Å². The quantitative estimate of drug-likeness (QED) is 0.493. The van der Waals surface area contributed by atoms with Crippen molar-refractivity contribution in [3.63, 3.8) is 0 Å². The van der Waals surface area contributed by atoms with Crippen molar-refractivity contribution in [2.45, 2.75) is 36.4 Å². The van der Waals surface area contributed by atoms with Gasteiger partial charge < -0.3 is 19.4 Å². The molecule has 3 aromatic rings. The molecule has 0 atom stereocenters. The van der Waals surface area contributed by atoms with E-state index in [1.807, 2.05) is 4.57 Å². The summed E-state index contributed by atoms with van der Waals surface area (Å²) in [5, 5.41) is 8.73. The molecular formula is C20H22N4O5S2. The highest BCUT2D eigenvalue weighted by Gasteiger charge is 2.17. The summed E-state index contributed by atoms with van der Waals surface area (Å²) in [5.74, 6) is 1.20. The maximum absolute atomic E-state index is 12.5. The van der Waals surface area contributed by atoms with E-state index in [9.17, 15) is 13.2 Å². The minimum absolute atomic E-state index is 0.0113. The van der Waals surface area contributed by atoms with Crippen LogP contribution in [0.5, 0.6) is 11.5 Å². The van der Waals surface area contributed by atoms with Crippen LogP contribution < -0.4 is 19.9 Å². The van der Waals surface area contributed by atoms with E-state index in [0.29, 0.717) is 34.4 Å². The van der Waals surface area contributed by atoms with E-state index in [0.717, 1.165) is 18.4 Å². The van der Waals surface area contributed by atoms with E-state index in [-0.39, 0.29) is 23.3 Å². The number of carbonyl (C=O) groups is 1. The Hall–Kier alpha value is -2.76. The molecule has 0 spiro atoms. The molecule has 0 bridgehead atoms. The van der Waals surface area contributed by atoms with Gasteiger partial charge in [0, 0.05) is 18.3 Å². The number of fused-ring (bicyclic) bond motifs is 2.